The largest absolute Gasteiger partial charge is 0.414 e. The Kier molecular flexibility index (Phi) is 12.4. The molecule has 0 amide bonds. The van der Waals surface area contributed by atoms with Gasteiger partial charge < -0.3 is 4.43 Å². The van der Waals surface area contributed by atoms with Crippen molar-refractivity contribution < 1.29 is 9.22 Å². The number of carbonyl (C=O) groups is 1. The summed E-state index contributed by atoms with van der Waals surface area (Å²) in [6, 6.07) is 0. The van der Waals surface area contributed by atoms with Gasteiger partial charge in [0.15, 0.2) is 14.1 Å². The lowest BCUT2D eigenvalue weighted by Gasteiger charge is -2.39. The fourth-order valence-corrected chi connectivity index (χ4v) is 4.36. The maximum Gasteiger partial charge on any atom is 0.192 e. The zero-order chi connectivity index (χ0) is 23.5. The standard InChI is InChI=1S/C27H46O2Si/c1-21(13-12-14-22(2)19-23(3)17-18-25(5)28)15-16-24(4)20-26(6)29-30(10,11)27(7,8)9/h12-15,17-19,24,26H,16,20H2,1-11H3/b13-12+,18-17+,21-15+,22-14+,23-19+/t24-,26+/m1/s1. The van der Waals surface area contributed by atoms with E-state index in [0.29, 0.717) is 12.0 Å². The minimum absolute atomic E-state index is 0.0696. The van der Waals surface area contributed by atoms with Crippen LogP contribution >= 0.6 is 0 Å². The SMILES string of the molecule is CC(=O)/C=C/C(C)=C/C(C)=C/C=C/C(C)=C/C[C@@H](C)C[C@H](C)O[Si](C)(C)C(C)(C)C. The van der Waals surface area contributed by atoms with E-state index in [1.54, 1.807) is 13.0 Å². The highest BCUT2D eigenvalue weighted by Crippen LogP contribution is 2.37. The molecule has 30 heavy (non-hydrogen) atoms. The van der Waals surface area contributed by atoms with E-state index >= 15 is 0 Å². The Hall–Kier alpha value is -1.45. The van der Waals surface area contributed by atoms with Crippen molar-refractivity contribution in [3.8, 4) is 0 Å². The molecule has 0 aromatic heterocycles. The Labute approximate surface area is 188 Å². The van der Waals surface area contributed by atoms with E-state index in [4.69, 9.17) is 4.43 Å². The first-order valence-corrected chi connectivity index (χ1v) is 14.1. The van der Waals surface area contributed by atoms with Crippen LogP contribution in [0.4, 0.5) is 0 Å². The van der Waals surface area contributed by atoms with E-state index in [1.165, 1.54) is 5.57 Å². The molecule has 0 fully saturated rings. The van der Waals surface area contributed by atoms with Crippen molar-refractivity contribution in [2.24, 2.45) is 5.92 Å². The maximum atomic E-state index is 11.0. The molecule has 0 aliphatic carbocycles. The maximum absolute atomic E-state index is 11.0. The highest BCUT2D eigenvalue weighted by atomic mass is 28.4. The number of hydrogen-bond donors (Lipinski definition) is 0. The second-order valence-electron chi connectivity index (χ2n) is 10.3. The molecule has 0 unspecified atom stereocenters. The van der Waals surface area contributed by atoms with E-state index < -0.39 is 8.32 Å². The molecule has 2 nitrogen and oxygen atoms in total. The lowest BCUT2D eigenvalue weighted by Crippen LogP contribution is -2.43. The summed E-state index contributed by atoms with van der Waals surface area (Å²) in [5.41, 5.74) is 3.51. The summed E-state index contributed by atoms with van der Waals surface area (Å²) in [5.74, 6) is 0.671. The highest BCUT2D eigenvalue weighted by Gasteiger charge is 2.38. The number of ketones is 1. The van der Waals surface area contributed by atoms with Gasteiger partial charge in [0, 0.05) is 6.10 Å². The molecule has 0 spiro atoms. The van der Waals surface area contributed by atoms with Gasteiger partial charge in [0.1, 0.15) is 0 Å². The van der Waals surface area contributed by atoms with Crippen LogP contribution in [-0.4, -0.2) is 20.2 Å². The van der Waals surface area contributed by atoms with Gasteiger partial charge in [-0.3, -0.25) is 4.79 Å². The summed E-state index contributed by atoms with van der Waals surface area (Å²) in [7, 11) is -1.69. The summed E-state index contributed by atoms with van der Waals surface area (Å²) in [6.07, 6.45) is 16.7. The van der Waals surface area contributed by atoms with Crippen LogP contribution in [0, 0.1) is 5.92 Å². The second kappa shape index (κ2) is 13.1. The average molecular weight is 431 g/mol. The molecule has 0 aromatic rings. The molecule has 170 valence electrons. The zero-order valence-electron chi connectivity index (χ0n) is 21.4. The minimum Gasteiger partial charge on any atom is -0.414 e. The van der Waals surface area contributed by atoms with Crippen LogP contribution in [0.3, 0.4) is 0 Å². The van der Waals surface area contributed by atoms with Crippen molar-refractivity contribution in [3.63, 3.8) is 0 Å². The topological polar surface area (TPSA) is 26.3 Å². The third kappa shape index (κ3) is 13.0. The molecule has 0 bridgehead atoms. The number of carbonyl (C=O) groups excluding carboxylic acids is 1. The monoisotopic (exact) mass is 430 g/mol. The zero-order valence-corrected chi connectivity index (χ0v) is 22.4. The molecule has 0 N–H and O–H groups in total. The molecule has 0 aliphatic heterocycles. The van der Waals surface area contributed by atoms with Crippen molar-refractivity contribution >= 4 is 14.1 Å². The normalized spacial score (nSPS) is 17.1. The van der Waals surface area contributed by atoms with Gasteiger partial charge in [-0.05, 0) is 77.6 Å². The molecular formula is C27H46O2Si. The first-order chi connectivity index (χ1) is 13.6. The number of rotatable bonds is 11. The van der Waals surface area contributed by atoms with Gasteiger partial charge in [0.05, 0.1) is 0 Å². The molecule has 0 heterocycles. The summed E-state index contributed by atoms with van der Waals surface area (Å²) < 4.78 is 6.50. The van der Waals surface area contributed by atoms with E-state index in [0.717, 1.165) is 24.0 Å². The Balaban J connectivity index is 4.67. The summed E-state index contributed by atoms with van der Waals surface area (Å²) >= 11 is 0. The fraction of sp³-hybridized carbons (Fsp3) is 0.593. The van der Waals surface area contributed by atoms with Gasteiger partial charge in [-0.25, -0.2) is 0 Å². The Morgan fingerprint density at radius 1 is 0.933 bits per heavy atom. The van der Waals surface area contributed by atoms with Crippen LogP contribution < -0.4 is 0 Å². The first-order valence-electron chi connectivity index (χ1n) is 11.2. The van der Waals surface area contributed by atoms with Crippen LogP contribution in [0.5, 0.6) is 0 Å². The second-order valence-corrected chi connectivity index (χ2v) is 15.1. The van der Waals surface area contributed by atoms with Gasteiger partial charge in [-0.15, -0.1) is 0 Å². The first kappa shape index (κ1) is 28.5. The average Bonchev–Trinajstić information content (AvgIpc) is 2.56. The minimum atomic E-state index is -1.69. The third-order valence-electron chi connectivity index (χ3n) is 5.63. The molecule has 0 rings (SSSR count). The molecule has 2 atom stereocenters. The molecule has 0 aromatic carbocycles. The lowest BCUT2D eigenvalue weighted by molar-refractivity contribution is -0.112. The van der Waals surface area contributed by atoms with Gasteiger partial charge >= 0.3 is 0 Å². The summed E-state index contributed by atoms with van der Waals surface area (Å²) in [4.78, 5) is 11.0. The molecule has 0 radical (unpaired) electrons. The van der Waals surface area contributed by atoms with Crippen molar-refractivity contribution in [1.82, 2.24) is 0 Å². The summed E-state index contributed by atoms with van der Waals surface area (Å²) in [6.45, 7) is 23.9. The molecule has 0 saturated heterocycles. The smallest absolute Gasteiger partial charge is 0.192 e. The molecule has 0 saturated carbocycles. The quantitative estimate of drug-likeness (QED) is 0.187. The molecule has 0 aliphatic rings. The lowest BCUT2D eigenvalue weighted by atomic mass is 9.99. The number of hydrogen-bond acceptors (Lipinski definition) is 2. The van der Waals surface area contributed by atoms with Crippen LogP contribution in [-0.2, 0) is 9.22 Å². The summed E-state index contributed by atoms with van der Waals surface area (Å²) in [5, 5.41) is 0.259. The molecular weight excluding hydrogens is 384 g/mol. The van der Waals surface area contributed by atoms with E-state index in [-0.39, 0.29) is 10.8 Å². The Morgan fingerprint density at radius 2 is 1.53 bits per heavy atom. The Bertz CT molecular complexity index is 697. The van der Waals surface area contributed by atoms with Gasteiger partial charge in [0.2, 0.25) is 0 Å². The van der Waals surface area contributed by atoms with Crippen molar-refractivity contribution in [3.05, 3.63) is 59.3 Å². The third-order valence-corrected chi connectivity index (χ3v) is 10.2. The predicted octanol–water partition coefficient (Wildman–Crippen LogP) is 8.35. The highest BCUT2D eigenvalue weighted by molar-refractivity contribution is 6.74. The van der Waals surface area contributed by atoms with Crippen LogP contribution in [0.25, 0.3) is 0 Å². The van der Waals surface area contributed by atoms with E-state index in [9.17, 15) is 4.79 Å². The van der Waals surface area contributed by atoms with Crippen LogP contribution in [0.1, 0.15) is 75.2 Å². The van der Waals surface area contributed by atoms with Crippen molar-refractivity contribution in [2.45, 2.75) is 99.4 Å². The van der Waals surface area contributed by atoms with E-state index in [1.807, 2.05) is 13.0 Å². The van der Waals surface area contributed by atoms with Crippen molar-refractivity contribution in [1.29, 1.82) is 0 Å². The van der Waals surface area contributed by atoms with Gasteiger partial charge in [0.25, 0.3) is 0 Å². The Morgan fingerprint density at radius 3 is 2.07 bits per heavy atom. The van der Waals surface area contributed by atoms with Gasteiger partial charge in [-0.1, -0.05) is 80.9 Å². The molecule has 3 heteroatoms. The van der Waals surface area contributed by atoms with Crippen LogP contribution in [0.2, 0.25) is 18.1 Å². The van der Waals surface area contributed by atoms with Gasteiger partial charge in [-0.2, -0.15) is 0 Å². The van der Waals surface area contributed by atoms with Crippen LogP contribution in [0.15, 0.2) is 59.3 Å². The van der Waals surface area contributed by atoms with Crippen molar-refractivity contribution in [2.75, 3.05) is 0 Å². The predicted molar refractivity (Wildman–Crippen MR) is 136 cm³/mol. The van der Waals surface area contributed by atoms with E-state index in [2.05, 4.69) is 91.9 Å². The fourth-order valence-electron chi connectivity index (χ4n) is 2.90. The number of allylic oxidation sites excluding steroid dienone is 10.